The van der Waals surface area contributed by atoms with Gasteiger partial charge < -0.3 is 15.8 Å². The van der Waals surface area contributed by atoms with Crippen LogP contribution in [0.1, 0.15) is 12.5 Å². The van der Waals surface area contributed by atoms with E-state index in [0.29, 0.717) is 30.7 Å². The summed E-state index contributed by atoms with van der Waals surface area (Å²) in [6.07, 6.45) is 3.19. The Morgan fingerprint density at radius 1 is 1.44 bits per heavy atom. The van der Waals surface area contributed by atoms with Gasteiger partial charge in [0.2, 0.25) is 5.88 Å². The first kappa shape index (κ1) is 12.2. The first-order valence-corrected chi connectivity index (χ1v) is 5.65. The first-order chi connectivity index (χ1) is 8.70. The van der Waals surface area contributed by atoms with Crippen LogP contribution < -0.4 is 15.8 Å². The minimum absolute atomic E-state index is 0.550. The fraction of sp³-hybridized carbons (Fsp3) is 0.364. The number of hydrogen-bond acceptors (Lipinski definition) is 6. The van der Waals surface area contributed by atoms with Gasteiger partial charge in [-0.05, 0) is 6.92 Å². The van der Waals surface area contributed by atoms with Gasteiger partial charge in [0.25, 0.3) is 0 Å². The van der Waals surface area contributed by atoms with Crippen LogP contribution in [0, 0.1) is 0 Å². The second-order valence-corrected chi connectivity index (χ2v) is 3.71. The van der Waals surface area contributed by atoms with E-state index < -0.39 is 0 Å². The number of nitrogen functional groups attached to an aromatic ring is 1. The smallest absolute Gasteiger partial charge is 0.218 e. The van der Waals surface area contributed by atoms with Gasteiger partial charge in [-0.15, -0.1) is 0 Å². The van der Waals surface area contributed by atoms with Gasteiger partial charge in [0.15, 0.2) is 0 Å². The second kappa shape index (κ2) is 5.35. The molecular formula is C11H16N6O. The lowest BCUT2D eigenvalue weighted by Gasteiger charge is -2.06. The molecule has 2 aromatic heterocycles. The lowest BCUT2D eigenvalue weighted by Crippen LogP contribution is -2.05. The zero-order valence-electron chi connectivity index (χ0n) is 10.4. The third-order valence-electron chi connectivity index (χ3n) is 2.46. The summed E-state index contributed by atoms with van der Waals surface area (Å²) in [4.78, 5) is 8.09. The monoisotopic (exact) mass is 248 g/mol. The highest BCUT2D eigenvalue weighted by molar-refractivity contribution is 5.43. The van der Waals surface area contributed by atoms with E-state index in [0.717, 1.165) is 5.56 Å². The van der Waals surface area contributed by atoms with Crippen molar-refractivity contribution >= 4 is 11.6 Å². The molecule has 0 aliphatic rings. The summed E-state index contributed by atoms with van der Waals surface area (Å²) < 4.78 is 6.92. The van der Waals surface area contributed by atoms with Gasteiger partial charge in [0.1, 0.15) is 18.0 Å². The fourth-order valence-corrected chi connectivity index (χ4v) is 1.48. The molecule has 18 heavy (non-hydrogen) atoms. The molecule has 0 saturated carbocycles. The van der Waals surface area contributed by atoms with Crippen LogP contribution in [0.2, 0.25) is 0 Å². The van der Waals surface area contributed by atoms with Crippen molar-refractivity contribution < 1.29 is 4.74 Å². The highest BCUT2D eigenvalue weighted by Gasteiger charge is 2.05. The Hall–Kier alpha value is -2.31. The molecule has 7 nitrogen and oxygen atoms in total. The van der Waals surface area contributed by atoms with E-state index in [2.05, 4.69) is 20.4 Å². The molecule has 2 rings (SSSR count). The van der Waals surface area contributed by atoms with Crippen LogP contribution in [0.15, 0.2) is 18.6 Å². The number of ether oxygens (including phenoxy) is 1. The standard InChI is InChI=1S/C11H16N6O/c1-3-18-10-4-9(14-7-15-10)13-5-8-6-16-17(2)11(8)12/h4,6-7H,3,5,12H2,1-2H3,(H,13,14,15). The van der Waals surface area contributed by atoms with Crippen LogP contribution in [0.3, 0.4) is 0 Å². The van der Waals surface area contributed by atoms with Gasteiger partial charge in [0.05, 0.1) is 12.8 Å². The molecule has 0 bridgehead atoms. The summed E-state index contributed by atoms with van der Waals surface area (Å²) in [5.41, 5.74) is 6.77. The molecule has 0 aromatic carbocycles. The van der Waals surface area contributed by atoms with Crippen molar-refractivity contribution in [2.45, 2.75) is 13.5 Å². The number of nitrogens with one attached hydrogen (secondary N) is 1. The van der Waals surface area contributed by atoms with Crippen LogP contribution in [0.4, 0.5) is 11.6 Å². The molecule has 0 spiro atoms. The molecule has 0 aliphatic carbocycles. The van der Waals surface area contributed by atoms with Crippen LogP contribution >= 0.6 is 0 Å². The maximum atomic E-state index is 5.85. The summed E-state index contributed by atoms with van der Waals surface area (Å²) in [5.74, 6) is 1.88. The fourth-order valence-electron chi connectivity index (χ4n) is 1.48. The number of aromatic nitrogens is 4. The Morgan fingerprint density at radius 3 is 2.94 bits per heavy atom. The van der Waals surface area contributed by atoms with Crippen molar-refractivity contribution in [3.8, 4) is 5.88 Å². The van der Waals surface area contributed by atoms with Crippen LogP contribution in [-0.4, -0.2) is 26.4 Å². The Balaban J connectivity index is 2.01. The molecule has 0 fully saturated rings. The molecule has 7 heteroatoms. The second-order valence-electron chi connectivity index (χ2n) is 3.71. The van der Waals surface area contributed by atoms with E-state index in [4.69, 9.17) is 10.5 Å². The molecule has 0 radical (unpaired) electrons. The molecule has 0 atom stereocenters. The van der Waals surface area contributed by atoms with Gasteiger partial charge in [0, 0.05) is 25.2 Å². The van der Waals surface area contributed by atoms with E-state index in [-0.39, 0.29) is 0 Å². The Bertz CT molecular complexity index is 524. The number of hydrogen-bond donors (Lipinski definition) is 2. The van der Waals surface area contributed by atoms with Gasteiger partial charge >= 0.3 is 0 Å². The van der Waals surface area contributed by atoms with Gasteiger partial charge in [-0.1, -0.05) is 0 Å². The van der Waals surface area contributed by atoms with Gasteiger partial charge in [-0.25, -0.2) is 9.97 Å². The summed E-state index contributed by atoms with van der Waals surface area (Å²) in [5, 5.41) is 7.22. The van der Waals surface area contributed by atoms with Crippen molar-refractivity contribution in [3.63, 3.8) is 0 Å². The molecular weight excluding hydrogens is 232 g/mol. The zero-order valence-corrected chi connectivity index (χ0v) is 10.4. The number of aryl methyl sites for hydroxylation is 1. The summed E-state index contributed by atoms with van der Waals surface area (Å²) in [6, 6.07) is 1.75. The number of nitrogens with zero attached hydrogens (tertiary/aromatic N) is 4. The van der Waals surface area contributed by atoms with Crippen molar-refractivity contribution in [2.75, 3.05) is 17.7 Å². The Morgan fingerprint density at radius 2 is 2.28 bits per heavy atom. The highest BCUT2D eigenvalue weighted by Crippen LogP contribution is 2.14. The summed E-state index contributed by atoms with van der Waals surface area (Å²) in [7, 11) is 1.80. The SMILES string of the molecule is CCOc1cc(NCc2cnn(C)c2N)ncn1. The van der Waals surface area contributed by atoms with E-state index >= 15 is 0 Å². The van der Waals surface area contributed by atoms with Crippen molar-refractivity contribution in [3.05, 3.63) is 24.2 Å². The lowest BCUT2D eigenvalue weighted by molar-refractivity contribution is 0.326. The molecule has 0 saturated heterocycles. The molecule has 0 aliphatic heterocycles. The number of anilines is 2. The molecule has 96 valence electrons. The molecule has 2 aromatic rings. The van der Waals surface area contributed by atoms with E-state index in [1.165, 1.54) is 6.33 Å². The topological polar surface area (TPSA) is 90.9 Å². The Kier molecular flexibility index (Phi) is 3.61. The molecule has 2 heterocycles. The minimum Gasteiger partial charge on any atom is -0.478 e. The maximum absolute atomic E-state index is 5.85. The van der Waals surface area contributed by atoms with Crippen molar-refractivity contribution in [1.29, 1.82) is 0 Å². The van der Waals surface area contributed by atoms with Crippen LogP contribution in [-0.2, 0) is 13.6 Å². The Labute approximate surface area is 105 Å². The van der Waals surface area contributed by atoms with Gasteiger partial charge in [-0.2, -0.15) is 5.10 Å². The average molecular weight is 248 g/mol. The van der Waals surface area contributed by atoms with Crippen LogP contribution in [0.5, 0.6) is 5.88 Å². The van der Waals surface area contributed by atoms with Crippen LogP contribution in [0.25, 0.3) is 0 Å². The highest BCUT2D eigenvalue weighted by atomic mass is 16.5. The van der Waals surface area contributed by atoms with E-state index in [1.54, 1.807) is 24.0 Å². The van der Waals surface area contributed by atoms with E-state index in [9.17, 15) is 0 Å². The molecule has 0 unspecified atom stereocenters. The average Bonchev–Trinajstić information content (AvgIpc) is 2.69. The lowest BCUT2D eigenvalue weighted by atomic mass is 10.3. The number of rotatable bonds is 5. The van der Waals surface area contributed by atoms with Gasteiger partial charge in [-0.3, -0.25) is 4.68 Å². The predicted octanol–water partition coefficient (Wildman–Crippen LogP) is 0.803. The third-order valence-corrected chi connectivity index (χ3v) is 2.46. The quantitative estimate of drug-likeness (QED) is 0.813. The summed E-state index contributed by atoms with van der Waals surface area (Å²) >= 11 is 0. The largest absolute Gasteiger partial charge is 0.478 e. The summed E-state index contributed by atoms with van der Waals surface area (Å²) in [6.45, 7) is 3.04. The first-order valence-electron chi connectivity index (χ1n) is 5.65. The third kappa shape index (κ3) is 2.68. The van der Waals surface area contributed by atoms with E-state index in [1.807, 2.05) is 6.92 Å². The van der Waals surface area contributed by atoms with Crippen molar-refractivity contribution in [2.24, 2.45) is 7.05 Å². The zero-order chi connectivity index (χ0) is 13.0. The predicted molar refractivity (Wildman–Crippen MR) is 68.1 cm³/mol. The molecule has 3 N–H and O–H groups in total. The number of nitrogens with two attached hydrogens (primary N) is 1. The minimum atomic E-state index is 0.550. The molecule has 0 amide bonds. The van der Waals surface area contributed by atoms with Crippen molar-refractivity contribution in [1.82, 2.24) is 19.7 Å². The maximum Gasteiger partial charge on any atom is 0.218 e. The normalized spacial score (nSPS) is 10.3.